The Morgan fingerprint density at radius 1 is 0.861 bits per heavy atom. The van der Waals surface area contributed by atoms with Crippen LogP contribution >= 0.6 is 12.9 Å². The minimum atomic E-state index is -4.76. The van der Waals surface area contributed by atoms with E-state index in [0.29, 0.717) is 6.42 Å². The summed E-state index contributed by atoms with van der Waals surface area (Å²) in [6.07, 6.45) is 7.13. The Hall–Kier alpha value is 0.469. The molecule has 0 aliphatic rings. The standard InChI is InChI=1S/C20H38O7S.C3H6O2S.Na.Sn.3H/c1-5-9-11-16(7-3)14-26-19(21)13-18(28(23,24)25)20(22)27-15-17(8-4)12-10-6-2;1-2-3(4)5-6;;;;;/h16-18H,5-15H2,1-4H3,(H,23,24,25);6H,2H2,1H3;;;;;/q;;+1;;;;-1. The number of hydrogen-bond acceptors (Lipinski definition) is 9. The summed E-state index contributed by atoms with van der Waals surface area (Å²) in [5.41, 5.74) is 0. The van der Waals surface area contributed by atoms with E-state index in [0.717, 1.165) is 51.4 Å². The minimum absolute atomic E-state index is 0. The molecule has 36 heavy (non-hydrogen) atoms. The Kier molecular flexibility index (Phi) is 32.7. The van der Waals surface area contributed by atoms with Gasteiger partial charge in [0.25, 0.3) is 10.1 Å². The zero-order valence-corrected chi connectivity index (χ0v) is 30.7. The van der Waals surface area contributed by atoms with Gasteiger partial charge in [0.2, 0.25) is 0 Å². The van der Waals surface area contributed by atoms with E-state index in [1.807, 2.05) is 13.8 Å². The van der Waals surface area contributed by atoms with Crippen molar-refractivity contribution in [3.05, 3.63) is 0 Å². The summed E-state index contributed by atoms with van der Waals surface area (Å²) in [5, 5.41) is -1.95. The van der Waals surface area contributed by atoms with E-state index in [-0.39, 0.29) is 85.9 Å². The van der Waals surface area contributed by atoms with E-state index in [1.165, 1.54) is 0 Å². The summed E-state index contributed by atoms with van der Waals surface area (Å²) in [6.45, 7) is 10.1. The molecule has 0 amide bonds. The average molecular weight is 673 g/mol. The first-order chi connectivity index (χ1) is 16.0. The predicted octanol–water partition coefficient (Wildman–Crippen LogP) is 1.14. The van der Waals surface area contributed by atoms with E-state index in [9.17, 15) is 27.4 Å². The van der Waals surface area contributed by atoms with Gasteiger partial charge >= 0.3 is 71.4 Å². The summed E-state index contributed by atoms with van der Waals surface area (Å²) in [4.78, 5) is 34.1. The van der Waals surface area contributed by atoms with Gasteiger partial charge in [-0.25, -0.2) is 0 Å². The van der Waals surface area contributed by atoms with Crippen molar-refractivity contribution in [1.82, 2.24) is 0 Å². The predicted molar refractivity (Wildman–Crippen MR) is 144 cm³/mol. The normalized spacial score (nSPS) is 12.9. The van der Waals surface area contributed by atoms with Crippen LogP contribution < -0.4 is 29.6 Å². The summed E-state index contributed by atoms with van der Waals surface area (Å²) < 4.78 is 46.7. The molecule has 0 aliphatic carbocycles. The van der Waals surface area contributed by atoms with Crippen molar-refractivity contribution >= 4 is 64.8 Å². The molecule has 0 heterocycles. The number of carbonyl (C=O) groups excluding carboxylic acids is 3. The van der Waals surface area contributed by atoms with Gasteiger partial charge < -0.3 is 15.1 Å². The van der Waals surface area contributed by atoms with Gasteiger partial charge in [-0.3, -0.25) is 18.9 Å². The maximum atomic E-state index is 12.2. The number of esters is 2. The summed E-state index contributed by atoms with van der Waals surface area (Å²) >= 11 is 3.25. The van der Waals surface area contributed by atoms with Gasteiger partial charge in [-0.1, -0.05) is 73.1 Å². The van der Waals surface area contributed by atoms with Crippen LogP contribution in [0.5, 0.6) is 0 Å². The van der Waals surface area contributed by atoms with Gasteiger partial charge in [0.1, 0.15) is 0 Å². The molecule has 0 saturated carbocycles. The van der Waals surface area contributed by atoms with Crippen LogP contribution in [0.25, 0.3) is 0 Å². The van der Waals surface area contributed by atoms with E-state index >= 15 is 0 Å². The molecular formula is C23H47NaO9S2Sn. The van der Waals surface area contributed by atoms with E-state index in [2.05, 4.69) is 30.9 Å². The molecule has 1 N–H and O–H groups in total. The fourth-order valence-electron chi connectivity index (χ4n) is 2.89. The second-order valence-corrected chi connectivity index (χ2v) is 9.95. The zero-order chi connectivity index (χ0) is 26.6. The van der Waals surface area contributed by atoms with E-state index in [4.69, 9.17) is 9.47 Å². The molecule has 0 aromatic heterocycles. The maximum absolute atomic E-state index is 12.2. The second-order valence-electron chi connectivity index (χ2n) is 8.17. The Morgan fingerprint density at radius 2 is 1.31 bits per heavy atom. The zero-order valence-electron chi connectivity index (χ0n) is 24.0. The molecule has 0 saturated heterocycles. The van der Waals surface area contributed by atoms with Gasteiger partial charge in [-0.05, 0) is 24.7 Å². The van der Waals surface area contributed by atoms with Crippen molar-refractivity contribution in [2.75, 3.05) is 13.2 Å². The third-order valence-corrected chi connectivity index (χ3v) is 6.67. The van der Waals surface area contributed by atoms with E-state index in [1.54, 1.807) is 6.92 Å². The molecule has 3 atom stereocenters. The van der Waals surface area contributed by atoms with Crippen LogP contribution in [0.15, 0.2) is 0 Å². The molecule has 210 valence electrons. The van der Waals surface area contributed by atoms with Crippen molar-refractivity contribution in [3.63, 3.8) is 0 Å². The molecule has 0 spiro atoms. The average Bonchev–Trinajstić information content (AvgIpc) is 2.81. The Bertz CT molecular complexity index is 679. The number of rotatable bonds is 17. The number of ether oxygens (including phenoxy) is 2. The van der Waals surface area contributed by atoms with Crippen LogP contribution in [0.1, 0.15) is 100 Å². The van der Waals surface area contributed by atoms with Crippen LogP contribution in [-0.4, -0.2) is 73.2 Å². The Labute approximate surface area is 264 Å². The molecule has 3 unspecified atom stereocenters. The van der Waals surface area contributed by atoms with Crippen LogP contribution in [-0.2, 0) is 38.2 Å². The molecule has 13 heteroatoms. The van der Waals surface area contributed by atoms with Crippen LogP contribution in [0, 0.1) is 11.8 Å². The molecule has 0 aromatic rings. The van der Waals surface area contributed by atoms with Crippen LogP contribution in [0.3, 0.4) is 0 Å². The molecular weight excluding hydrogens is 626 g/mol. The van der Waals surface area contributed by atoms with Crippen LogP contribution in [0.2, 0.25) is 0 Å². The van der Waals surface area contributed by atoms with E-state index < -0.39 is 33.7 Å². The molecule has 9 nitrogen and oxygen atoms in total. The molecule has 0 aliphatic heterocycles. The Balaban J connectivity index is -0.000000337. The van der Waals surface area contributed by atoms with Crippen LogP contribution in [0.4, 0.5) is 0 Å². The summed E-state index contributed by atoms with van der Waals surface area (Å²) in [7, 11) is -4.76. The summed E-state index contributed by atoms with van der Waals surface area (Å²) in [5.74, 6) is -1.90. The molecule has 0 rings (SSSR count). The van der Waals surface area contributed by atoms with Gasteiger partial charge in [0.15, 0.2) is 5.25 Å². The van der Waals surface area contributed by atoms with Crippen molar-refractivity contribution in [2.45, 2.75) is 104 Å². The van der Waals surface area contributed by atoms with Crippen molar-refractivity contribution in [1.29, 1.82) is 0 Å². The summed E-state index contributed by atoms with van der Waals surface area (Å²) in [6, 6.07) is 0. The SMILES string of the molecule is CCC(=O)OS.CCCCC(CC)COC(=O)CC(C(=O)OCC(CC)CCCC)S(=O)(=O)O.[H-].[Na+].[SnH2]. The van der Waals surface area contributed by atoms with Crippen molar-refractivity contribution < 1.29 is 72.0 Å². The first kappa shape index (κ1) is 43.5. The molecule has 0 aromatic carbocycles. The van der Waals surface area contributed by atoms with Crippen molar-refractivity contribution in [2.24, 2.45) is 11.8 Å². The number of thiol groups is 1. The fourth-order valence-corrected chi connectivity index (χ4v) is 3.67. The first-order valence-corrected chi connectivity index (χ1v) is 14.0. The second kappa shape index (κ2) is 27.1. The fraction of sp³-hybridized carbons (Fsp3) is 0.870. The quantitative estimate of drug-likeness (QED) is 0.0583. The van der Waals surface area contributed by atoms with Gasteiger partial charge in [0, 0.05) is 19.3 Å². The third-order valence-electron chi connectivity index (χ3n) is 5.39. The molecule has 2 radical (unpaired) electrons. The van der Waals surface area contributed by atoms with Crippen molar-refractivity contribution in [3.8, 4) is 0 Å². The number of carbonyl (C=O) groups is 3. The monoisotopic (exact) mass is 674 g/mol. The molecule has 0 fully saturated rings. The third kappa shape index (κ3) is 23.6. The number of unbranched alkanes of at least 4 members (excludes halogenated alkanes) is 2. The van der Waals surface area contributed by atoms with Gasteiger partial charge in [-0.2, -0.15) is 8.42 Å². The topological polar surface area (TPSA) is 133 Å². The number of hydrogen-bond donors (Lipinski definition) is 2. The Morgan fingerprint density at radius 3 is 1.61 bits per heavy atom. The first-order valence-electron chi connectivity index (χ1n) is 12.1. The molecule has 0 bridgehead atoms. The van der Waals surface area contributed by atoms with Gasteiger partial charge in [-0.15, -0.1) is 0 Å². The van der Waals surface area contributed by atoms with Gasteiger partial charge in [0.05, 0.1) is 19.6 Å².